The molecule has 0 spiro atoms. The van der Waals surface area contributed by atoms with Crippen LogP contribution in [-0.4, -0.2) is 42.5 Å². The van der Waals surface area contributed by atoms with Crippen LogP contribution in [0.5, 0.6) is 0 Å². The van der Waals surface area contributed by atoms with Crippen molar-refractivity contribution in [3.8, 4) is 0 Å². The Bertz CT molecular complexity index is 442. The largest absolute Gasteiger partial charge is 0.322 e. The Morgan fingerprint density at radius 1 is 1.37 bits per heavy atom. The summed E-state index contributed by atoms with van der Waals surface area (Å²) in [5.41, 5.74) is 0.240. The number of nitrogens with one attached hydrogen (secondary N) is 2. The minimum Gasteiger partial charge on any atom is -0.322 e. The minimum atomic E-state index is -0.405. The Morgan fingerprint density at radius 2 is 2.00 bits per heavy atom. The van der Waals surface area contributed by atoms with Crippen LogP contribution in [-0.2, 0) is 4.79 Å². The molecule has 1 heterocycles. The highest BCUT2D eigenvalue weighted by Gasteiger charge is 2.22. The van der Waals surface area contributed by atoms with Crippen LogP contribution in [0.2, 0.25) is 0 Å². The lowest BCUT2D eigenvalue weighted by Crippen LogP contribution is -2.55. The fraction of sp³-hybridized carbons (Fsp3) is 0.500. The zero-order valence-corrected chi connectivity index (χ0v) is 11.3. The lowest BCUT2D eigenvalue weighted by molar-refractivity contribution is -0.117. The van der Waals surface area contributed by atoms with Crippen molar-refractivity contribution in [1.29, 1.82) is 0 Å². The van der Waals surface area contributed by atoms with E-state index < -0.39 is 5.82 Å². The highest BCUT2D eigenvalue weighted by molar-refractivity contribution is 5.92. The summed E-state index contributed by atoms with van der Waals surface area (Å²) >= 11 is 0. The number of amides is 1. The summed E-state index contributed by atoms with van der Waals surface area (Å²) in [6, 6.07) is 6.94. The van der Waals surface area contributed by atoms with E-state index >= 15 is 0 Å². The maximum absolute atomic E-state index is 13.4. The Balaban J connectivity index is 1.89. The number of hydrogen-bond donors (Lipinski definition) is 2. The summed E-state index contributed by atoms with van der Waals surface area (Å²) < 4.78 is 13.4. The van der Waals surface area contributed by atoms with E-state index in [1.54, 1.807) is 18.2 Å². The maximum atomic E-state index is 13.4. The van der Waals surface area contributed by atoms with Crippen molar-refractivity contribution < 1.29 is 9.18 Å². The normalized spacial score (nSPS) is 24.2. The Labute approximate surface area is 113 Å². The number of benzene rings is 1. The van der Waals surface area contributed by atoms with Gasteiger partial charge in [-0.15, -0.1) is 0 Å². The van der Waals surface area contributed by atoms with Gasteiger partial charge in [0.1, 0.15) is 5.82 Å². The lowest BCUT2D eigenvalue weighted by atomic mass is 10.1. The predicted molar refractivity (Wildman–Crippen MR) is 73.5 cm³/mol. The first kappa shape index (κ1) is 14.0. The van der Waals surface area contributed by atoms with Crippen LogP contribution in [0.15, 0.2) is 24.3 Å². The molecule has 19 heavy (non-hydrogen) atoms. The number of rotatable bonds is 3. The summed E-state index contributed by atoms with van der Waals surface area (Å²) in [5, 5.41) is 6.02. The van der Waals surface area contributed by atoms with Crippen molar-refractivity contribution in [3.63, 3.8) is 0 Å². The van der Waals surface area contributed by atoms with E-state index in [2.05, 4.69) is 29.4 Å². The molecule has 104 valence electrons. The second-order valence-electron chi connectivity index (χ2n) is 5.19. The van der Waals surface area contributed by atoms with Crippen LogP contribution in [0.3, 0.4) is 0 Å². The van der Waals surface area contributed by atoms with Gasteiger partial charge in [0.25, 0.3) is 0 Å². The predicted octanol–water partition coefficient (Wildman–Crippen LogP) is 1.45. The molecule has 2 N–H and O–H groups in total. The molecule has 1 aliphatic heterocycles. The van der Waals surface area contributed by atoms with Crippen molar-refractivity contribution in [2.75, 3.05) is 25.0 Å². The van der Waals surface area contributed by atoms with Crippen molar-refractivity contribution in [1.82, 2.24) is 10.2 Å². The van der Waals surface area contributed by atoms with Crippen LogP contribution >= 0.6 is 0 Å². The summed E-state index contributed by atoms with van der Waals surface area (Å²) in [4.78, 5) is 14.0. The van der Waals surface area contributed by atoms with Crippen LogP contribution in [0.4, 0.5) is 10.1 Å². The molecule has 1 amide bonds. The molecule has 1 saturated heterocycles. The summed E-state index contributed by atoms with van der Waals surface area (Å²) in [7, 11) is 0. The number of piperazine rings is 1. The molecule has 1 aliphatic rings. The first-order valence-corrected chi connectivity index (χ1v) is 6.57. The highest BCUT2D eigenvalue weighted by atomic mass is 19.1. The molecule has 1 aromatic carbocycles. The van der Waals surface area contributed by atoms with E-state index in [0.717, 1.165) is 13.1 Å². The lowest BCUT2D eigenvalue weighted by Gasteiger charge is -2.35. The van der Waals surface area contributed by atoms with Gasteiger partial charge in [-0.25, -0.2) is 4.39 Å². The average Bonchev–Trinajstić information content (AvgIpc) is 2.30. The Kier molecular flexibility index (Phi) is 4.50. The second-order valence-corrected chi connectivity index (χ2v) is 5.19. The number of halogens is 1. The van der Waals surface area contributed by atoms with Crippen molar-refractivity contribution in [3.05, 3.63) is 30.1 Å². The van der Waals surface area contributed by atoms with E-state index in [0.29, 0.717) is 18.6 Å². The van der Waals surface area contributed by atoms with Crippen LogP contribution in [0.1, 0.15) is 13.8 Å². The number of carbonyl (C=O) groups is 1. The van der Waals surface area contributed by atoms with Gasteiger partial charge in [0.2, 0.25) is 5.91 Å². The summed E-state index contributed by atoms with van der Waals surface area (Å²) in [6.45, 7) is 6.14. The zero-order valence-electron chi connectivity index (χ0n) is 11.3. The molecule has 1 aromatic rings. The fourth-order valence-corrected chi connectivity index (χ4v) is 2.52. The van der Waals surface area contributed by atoms with Gasteiger partial charge >= 0.3 is 0 Å². The molecule has 0 radical (unpaired) electrons. The van der Waals surface area contributed by atoms with E-state index in [1.165, 1.54) is 6.07 Å². The molecule has 2 rings (SSSR count). The van der Waals surface area contributed by atoms with E-state index in [1.807, 2.05) is 0 Å². The second kappa shape index (κ2) is 6.12. The molecular weight excluding hydrogens is 245 g/mol. The molecule has 4 nitrogen and oxygen atoms in total. The molecule has 0 aliphatic carbocycles. The molecule has 0 bridgehead atoms. The third-order valence-corrected chi connectivity index (χ3v) is 3.15. The molecule has 2 atom stereocenters. The van der Waals surface area contributed by atoms with Gasteiger partial charge in [0.15, 0.2) is 0 Å². The van der Waals surface area contributed by atoms with Gasteiger partial charge < -0.3 is 10.6 Å². The standard InChI is InChI=1S/C14H20FN3O/c1-10-7-18(8-11(2)16-10)9-14(19)17-13-6-4-3-5-12(13)15/h3-6,10-11,16H,7-9H2,1-2H3,(H,17,19). The van der Waals surface area contributed by atoms with Crippen LogP contribution in [0, 0.1) is 5.82 Å². The first-order chi connectivity index (χ1) is 9.04. The summed E-state index contributed by atoms with van der Waals surface area (Å²) in [5.74, 6) is -0.579. The Hall–Kier alpha value is -1.46. The highest BCUT2D eigenvalue weighted by Crippen LogP contribution is 2.12. The molecule has 1 fully saturated rings. The smallest absolute Gasteiger partial charge is 0.238 e. The molecule has 2 unspecified atom stereocenters. The number of para-hydroxylation sites is 1. The van der Waals surface area contributed by atoms with Gasteiger partial charge in [-0.05, 0) is 26.0 Å². The van der Waals surface area contributed by atoms with Gasteiger partial charge in [0, 0.05) is 25.2 Å². The third kappa shape index (κ3) is 4.01. The van der Waals surface area contributed by atoms with Gasteiger partial charge in [0.05, 0.1) is 12.2 Å². The summed E-state index contributed by atoms with van der Waals surface area (Å²) in [6.07, 6.45) is 0. The van der Waals surface area contributed by atoms with Crippen molar-refractivity contribution in [2.24, 2.45) is 0 Å². The topological polar surface area (TPSA) is 44.4 Å². The molecule has 0 aromatic heterocycles. The molecule has 0 saturated carbocycles. The van der Waals surface area contributed by atoms with E-state index in [-0.39, 0.29) is 11.6 Å². The van der Waals surface area contributed by atoms with Gasteiger partial charge in [-0.3, -0.25) is 9.69 Å². The quantitative estimate of drug-likeness (QED) is 0.869. The van der Waals surface area contributed by atoms with Crippen molar-refractivity contribution in [2.45, 2.75) is 25.9 Å². The zero-order chi connectivity index (χ0) is 13.8. The molecule has 5 heteroatoms. The van der Waals surface area contributed by atoms with E-state index in [4.69, 9.17) is 0 Å². The Morgan fingerprint density at radius 3 is 2.63 bits per heavy atom. The van der Waals surface area contributed by atoms with Gasteiger partial charge in [-0.2, -0.15) is 0 Å². The first-order valence-electron chi connectivity index (χ1n) is 6.57. The fourth-order valence-electron chi connectivity index (χ4n) is 2.52. The number of carbonyl (C=O) groups excluding carboxylic acids is 1. The van der Waals surface area contributed by atoms with Gasteiger partial charge in [-0.1, -0.05) is 12.1 Å². The van der Waals surface area contributed by atoms with Crippen LogP contribution < -0.4 is 10.6 Å². The minimum absolute atomic E-state index is 0.175. The van der Waals surface area contributed by atoms with E-state index in [9.17, 15) is 9.18 Å². The average molecular weight is 265 g/mol. The maximum Gasteiger partial charge on any atom is 0.238 e. The number of hydrogen-bond acceptors (Lipinski definition) is 3. The third-order valence-electron chi connectivity index (χ3n) is 3.15. The van der Waals surface area contributed by atoms with Crippen molar-refractivity contribution >= 4 is 11.6 Å². The number of nitrogens with zero attached hydrogens (tertiary/aromatic N) is 1. The number of anilines is 1. The SMILES string of the molecule is CC1CN(CC(=O)Nc2ccccc2F)CC(C)N1. The monoisotopic (exact) mass is 265 g/mol. The van der Waals surface area contributed by atoms with Crippen LogP contribution in [0.25, 0.3) is 0 Å². The molecular formula is C14H20FN3O.